The minimum absolute atomic E-state index is 0.128. The summed E-state index contributed by atoms with van der Waals surface area (Å²) in [6, 6.07) is 12.4. The molecule has 2 N–H and O–H groups in total. The Hall–Kier alpha value is -4.08. The van der Waals surface area contributed by atoms with Crippen LogP contribution in [0.25, 0.3) is 0 Å². The number of benzene rings is 2. The first kappa shape index (κ1) is 36.4. The number of carbonyl (C=O) groups is 4. The number of para-hydroxylation sites is 1. The second kappa shape index (κ2) is 17.0. The summed E-state index contributed by atoms with van der Waals surface area (Å²) in [6.07, 6.45) is 0.801. The fourth-order valence-electron chi connectivity index (χ4n) is 5.49. The van der Waals surface area contributed by atoms with Gasteiger partial charge in [-0.1, -0.05) is 65.8 Å². The smallest absolute Gasteiger partial charge is 0.255 e. The highest BCUT2D eigenvalue weighted by molar-refractivity contribution is 6.01. The van der Waals surface area contributed by atoms with E-state index in [4.69, 9.17) is 9.47 Å². The fraction of sp³-hybridized carbons (Fsp3) is 0.556. The van der Waals surface area contributed by atoms with Crippen molar-refractivity contribution in [2.24, 2.45) is 11.8 Å². The van der Waals surface area contributed by atoms with E-state index in [2.05, 4.69) is 38.3 Å². The summed E-state index contributed by atoms with van der Waals surface area (Å²) in [4.78, 5) is 57.8. The quantitative estimate of drug-likeness (QED) is 0.368. The van der Waals surface area contributed by atoms with Crippen LogP contribution in [0.3, 0.4) is 0 Å². The van der Waals surface area contributed by atoms with Gasteiger partial charge >= 0.3 is 0 Å². The van der Waals surface area contributed by atoms with E-state index >= 15 is 0 Å². The van der Waals surface area contributed by atoms with E-state index < -0.39 is 29.8 Å². The number of nitrogens with one attached hydrogen (secondary N) is 2. The van der Waals surface area contributed by atoms with Crippen molar-refractivity contribution < 1.29 is 28.7 Å². The van der Waals surface area contributed by atoms with Gasteiger partial charge in [0.2, 0.25) is 17.7 Å². The molecule has 10 heteroatoms. The number of fused-ring (bicyclic) bond motifs is 1. The highest BCUT2D eigenvalue weighted by Crippen LogP contribution is 2.23. The van der Waals surface area contributed by atoms with Gasteiger partial charge in [-0.15, -0.1) is 0 Å². The lowest BCUT2D eigenvalue weighted by Gasteiger charge is -2.37. The second-order valence-corrected chi connectivity index (χ2v) is 13.3. The van der Waals surface area contributed by atoms with Gasteiger partial charge in [0, 0.05) is 14.1 Å². The maximum atomic E-state index is 14.0. The SMILES string of the molecule is CC(C)C[C@@H]1COc2ccccc2C(=O)N[C@H](C(=O)NCCOc2ccc(C(C)C)cc2)CC(=O)N(C)[C@@H](CC(C)C)C(=O)N1C. The summed E-state index contributed by atoms with van der Waals surface area (Å²) in [7, 11) is 3.33. The Balaban J connectivity index is 1.85. The molecule has 3 atom stereocenters. The molecule has 0 saturated carbocycles. The van der Waals surface area contributed by atoms with Crippen molar-refractivity contribution in [3.8, 4) is 11.5 Å². The van der Waals surface area contributed by atoms with E-state index in [-0.39, 0.29) is 55.5 Å². The van der Waals surface area contributed by atoms with Crippen LogP contribution in [-0.2, 0) is 14.4 Å². The molecule has 0 unspecified atom stereocenters. The molecule has 1 aliphatic rings. The lowest BCUT2D eigenvalue weighted by molar-refractivity contribution is -0.147. The topological polar surface area (TPSA) is 117 Å². The molecule has 1 aliphatic heterocycles. The fourth-order valence-corrected chi connectivity index (χ4v) is 5.49. The largest absolute Gasteiger partial charge is 0.492 e. The molecule has 10 nitrogen and oxygen atoms in total. The van der Waals surface area contributed by atoms with Crippen molar-refractivity contribution >= 4 is 23.6 Å². The zero-order valence-corrected chi connectivity index (χ0v) is 28.7. The molecule has 0 bridgehead atoms. The Morgan fingerprint density at radius 3 is 2.22 bits per heavy atom. The van der Waals surface area contributed by atoms with E-state index in [1.165, 1.54) is 10.5 Å². The molecule has 2 aromatic rings. The van der Waals surface area contributed by atoms with Crippen molar-refractivity contribution in [1.29, 1.82) is 0 Å². The maximum absolute atomic E-state index is 14.0. The van der Waals surface area contributed by atoms with Gasteiger partial charge in [0.1, 0.15) is 36.8 Å². The Labute approximate surface area is 274 Å². The number of rotatable bonds is 10. The number of hydrogen-bond donors (Lipinski definition) is 2. The zero-order chi connectivity index (χ0) is 34.0. The predicted molar refractivity (Wildman–Crippen MR) is 179 cm³/mol. The number of nitrogens with zero attached hydrogens (tertiary/aromatic N) is 2. The lowest BCUT2D eigenvalue weighted by Crippen LogP contribution is -2.55. The summed E-state index contributed by atoms with van der Waals surface area (Å²) in [5, 5.41) is 5.55. The molecule has 1 heterocycles. The summed E-state index contributed by atoms with van der Waals surface area (Å²) < 4.78 is 12.0. The molecule has 252 valence electrons. The first-order valence-electron chi connectivity index (χ1n) is 16.3. The van der Waals surface area contributed by atoms with Crippen LogP contribution in [0.5, 0.6) is 11.5 Å². The van der Waals surface area contributed by atoms with Crippen molar-refractivity contribution in [2.75, 3.05) is 33.9 Å². The van der Waals surface area contributed by atoms with Crippen LogP contribution in [0.1, 0.15) is 82.6 Å². The molecule has 2 aromatic carbocycles. The van der Waals surface area contributed by atoms with Crippen LogP contribution >= 0.6 is 0 Å². The summed E-state index contributed by atoms with van der Waals surface area (Å²) in [5.74, 6) is 0.162. The van der Waals surface area contributed by atoms with Gasteiger partial charge < -0.3 is 29.9 Å². The molecule has 4 amide bonds. The molecular weight excluding hydrogens is 584 g/mol. The first-order chi connectivity index (χ1) is 21.8. The minimum atomic E-state index is -1.19. The van der Waals surface area contributed by atoms with E-state index in [0.717, 1.165) is 0 Å². The van der Waals surface area contributed by atoms with Gasteiger partial charge in [-0.3, -0.25) is 19.2 Å². The standard InChI is InChI=1S/C36H52N4O6/c1-23(2)19-27-22-46-32-12-10-9-11-29(32)34(42)38-30(21-33(41)40(8)31(20-24(3)4)36(44)39(27)7)35(43)37-17-18-45-28-15-13-26(14-16-28)25(5)6/h9-16,23-25,27,30-31H,17-22H2,1-8H3,(H,37,43)(H,38,42)/t27-,30+,31+/m1/s1. The van der Waals surface area contributed by atoms with Gasteiger partial charge in [-0.25, -0.2) is 0 Å². The average Bonchev–Trinajstić information content (AvgIpc) is 3.02. The van der Waals surface area contributed by atoms with Crippen molar-refractivity contribution in [1.82, 2.24) is 20.4 Å². The van der Waals surface area contributed by atoms with Crippen molar-refractivity contribution in [3.05, 3.63) is 59.7 Å². The highest BCUT2D eigenvalue weighted by atomic mass is 16.5. The van der Waals surface area contributed by atoms with E-state index in [1.807, 2.05) is 38.1 Å². The zero-order valence-electron chi connectivity index (χ0n) is 28.7. The molecule has 0 fully saturated rings. The Kier molecular flexibility index (Phi) is 13.5. The van der Waals surface area contributed by atoms with Crippen LogP contribution in [0.15, 0.2) is 48.5 Å². The van der Waals surface area contributed by atoms with Crippen LogP contribution in [0, 0.1) is 11.8 Å². The summed E-state index contributed by atoms with van der Waals surface area (Å²) >= 11 is 0. The average molecular weight is 637 g/mol. The van der Waals surface area contributed by atoms with Crippen LogP contribution in [-0.4, -0.2) is 85.4 Å². The third-order valence-corrected chi connectivity index (χ3v) is 8.26. The van der Waals surface area contributed by atoms with Crippen LogP contribution in [0.4, 0.5) is 0 Å². The molecule has 0 saturated heterocycles. The second-order valence-electron chi connectivity index (χ2n) is 13.3. The van der Waals surface area contributed by atoms with Gasteiger partial charge in [0.05, 0.1) is 24.6 Å². The summed E-state index contributed by atoms with van der Waals surface area (Å²) in [6.45, 7) is 12.9. The third-order valence-electron chi connectivity index (χ3n) is 8.26. The lowest BCUT2D eigenvalue weighted by atomic mass is 9.98. The molecule has 0 aromatic heterocycles. The molecule has 46 heavy (non-hydrogen) atoms. The van der Waals surface area contributed by atoms with Gasteiger partial charge in [-0.05, 0) is 60.4 Å². The van der Waals surface area contributed by atoms with Gasteiger partial charge in [0.15, 0.2) is 0 Å². The van der Waals surface area contributed by atoms with Gasteiger partial charge in [0.25, 0.3) is 5.91 Å². The Morgan fingerprint density at radius 2 is 1.59 bits per heavy atom. The Bertz CT molecular complexity index is 1330. The van der Waals surface area contributed by atoms with E-state index in [9.17, 15) is 19.2 Å². The van der Waals surface area contributed by atoms with Crippen molar-refractivity contribution in [3.63, 3.8) is 0 Å². The number of likely N-dealkylation sites (N-methyl/N-ethyl adjacent to an activating group) is 2. The minimum Gasteiger partial charge on any atom is -0.492 e. The van der Waals surface area contributed by atoms with E-state index in [1.54, 1.807) is 43.3 Å². The monoisotopic (exact) mass is 636 g/mol. The number of hydrogen-bond acceptors (Lipinski definition) is 6. The summed E-state index contributed by atoms with van der Waals surface area (Å²) in [5.41, 5.74) is 1.44. The molecule has 3 rings (SSSR count). The van der Waals surface area contributed by atoms with Gasteiger partial charge in [-0.2, -0.15) is 0 Å². The van der Waals surface area contributed by atoms with E-state index in [0.29, 0.717) is 30.3 Å². The molecule has 0 spiro atoms. The number of carbonyl (C=O) groups excluding carboxylic acids is 4. The molecular formula is C36H52N4O6. The maximum Gasteiger partial charge on any atom is 0.255 e. The van der Waals surface area contributed by atoms with Crippen LogP contribution in [0.2, 0.25) is 0 Å². The predicted octanol–water partition coefficient (Wildman–Crippen LogP) is 4.63. The number of ether oxygens (including phenoxy) is 2. The molecule has 0 radical (unpaired) electrons. The third kappa shape index (κ3) is 10.2. The first-order valence-corrected chi connectivity index (χ1v) is 16.3. The van der Waals surface area contributed by atoms with Crippen LogP contribution < -0.4 is 20.1 Å². The Morgan fingerprint density at radius 1 is 0.935 bits per heavy atom. The normalized spacial score (nSPS) is 19.9. The highest BCUT2D eigenvalue weighted by Gasteiger charge is 2.36. The van der Waals surface area contributed by atoms with Crippen molar-refractivity contribution in [2.45, 2.75) is 84.8 Å². The number of amides is 4. The molecule has 0 aliphatic carbocycles.